The maximum atomic E-state index is 4.25. The second-order valence-corrected chi connectivity index (χ2v) is 4.87. The molecule has 0 aliphatic heterocycles. The molecule has 1 unspecified atom stereocenters. The smallest absolute Gasteiger partial charge is 0.00977 e. The van der Waals surface area contributed by atoms with Gasteiger partial charge in [0.25, 0.3) is 0 Å². The quantitative estimate of drug-likeness (QED) is 0.279. The SMILES string of the molecule is C=CC(CCCS)CCCCCCCC. The molecule has 0 aliphatic rings. The summed E-state index contributed by atoms with van der Waals surface area (Å²) in [4.78, 5) is 0. The average Bonchev–Trinajstić information content (AvgIpc) is 2.27. The highest BCUT2D eigenvalue weighted by Gasteiger charge is 2.02. The van der Waals surface area contributed by atoms with Gasteiger partial charge in [0.15, 0.2) is 0 Å². The van der Waals surface area contributed by atoms with E-state index in [-0.39, 0.29) is 0 Å². The summed E-state index contributed by atoms with van der Waals surface area (Å²) in [5.41, 5.74) is 0. The summed E-state index contributed by atoms with van der Waals surface area (Å²) >= 11 is 4.25. The van der Waals surface area contributed by atoms with E-state index in [1.165, 1.54) is 57.8 Å². The molecule has 1 atom stereocenters. The second kappa shape index (κ2) is 12.2. The summed E-state index contributed by atoms with van der Waals surface area (Å²) in [6, 6.07) is 0. The first kappa shape index (κ1) is 15.1. The Morgan fingerprint density at radius 2 is 1.60 bits per heavy atom. The lowest BCUT2D eigenvalue weighted by atomic mass is 9.96. The normalized spacial score (nSPS) is 12.7. The van der Waals surface area contributed by atoms with Gasteiger partial charge in [-0.05, 0) is 30.9 Å². The van der Waals surface area contributed by atoms with Crippen LogP contribution in [0.5, 0.6) is 0 Å². The predicted octanol–water partition coefficient (Wildman–Crippen LogP) is 5.25. The number of unbranched alkanes of at least 4 members (excludes halogenated alkanes) is 5. The van der Waals surface area contributed by atoms with Crippen molar-refractivity contribution in [3.8, 4) is 0 Å². The van der Waals surface area contributed by atoms with Crippen molar-refractivity contribution in [1.82, 2.24) is 0 Å². The molecule has 0 fully saturated rings. The van der Waals surface area contributed by atoms with Crippen molar-refractivity contribution >= 4 is 12.6 Å². The first-order chi connectivity index (χ1) is 7.35. The lowest BCUT2D eigenvalue weighted by Crippen LogP contribution is -1.97. The number of rotatable bonds is 11. The van der Waals surface area contributed by atoms with Crippen LogP contribution in [0, 0.1) is 5.92 Å². The monoisotopic (exact) mass is 228 g/mol. The van der Waals surface area contributed by atoms with Gasteiger partial charge in [0.1, 0.15) is 0 Å². The molecular weight excluding hydrogens is 200 g/mol. The first-order valence-corrected chi connectivity index (χ1v) is 7.21. The molecule has 0 spiro atoms. The van der Waals surface area contributed by atoms with Crippen LogP contribution >= 0.6 is 12.6 Å². The standard InChI is InChI=1S/C14H28S/c1-3-5-6-7-8-9-11-14(4-2)12-10-13-15/h4,14-15H,2-3,5-13H2,1H3. The summed E-state index contributed by atoms with van der Waals surface area (Å²) in [7, 11) is 0. The highest BCUT2D eigenvalue weighted by Crippen LogP contribution is 2.17. The van der Waals surface area contributed by atoms with Crippen molar-refractivity contribution in [2.45, 2.75) is 64.7 Å². The average molecular weight is 228 g/mol. The van der Waals surface area contributed by atoms with Crippen molar-refractivity contribution in [2.24, 2.45) is 5.92 Å². The van der Waals surface area contributed by atoms with Gasteiger partial charge in [0.2, 0.25) is 0 Å². The van der Waals surface area contributed by atoms with E-state index < -0.39 is 0 Å². The zero-order chi connectivity index (χ0) is 11.4. The van der Waals surface area contributed by atoms with Gasteiger partial charge in [-0.1, -0.05) is 51.5 Å². The number of allylic oxidation sites excluding steroid dienone is 1. The third-order valence-electron chi connectivity index (χ3n) is 2.99. The Morgan fingerprint density at radius 3 is 2.20 bits per heavy atom. The van der Waals surface area contributed by atoms with Gasteiger partial charge in [-0.2, -0.15) is 12.6 Å². The Bertz CT molecular complexity index is 131. The van der Waals surface area contributed by atoms with Gasteiger partial charge in [-0.3, -0.25) is 0 Å². The Balaban J connectivity index is 3.26. The molecule has 0 radical (unpaired) electrons. The third kappa shape index (κ3) is 10.4. The van der Waals surface area contributed by atoms with Crippen molar-refractivity contribution < 1.29 is 0 Å². The summed E-state index contributed by atoms with van der Waals surface area (Å²) in [5.74, 6) is 1.75. The lowest BCUT2D eigenvalue weighted by Gasteiger charge is -2.11. The van der Waals surface area contributed by atoms with Gasteiger partial charge in [-0.15, -0.1) is 6.58 Å². The van der Waals surface area contributed by atoms with Gasteiger partial charge in [0.05, 0.1) is 0 Å². The Hall–Kier alpha value is 0.0900. The molecule has 15 heavy (non-hydrogen) atoms. The predicted molar refractivity (Wildman–Crippen MR) is 74.8 cm³/mol. The van der Waals surface area contributed by atoms with Crippen LogP contribution in [0.4, 0.5) is 0 Å². The fraction of sp³-hybridized carbons (Fsp3) is 0.857. The van der Waals surface area contributed by atoms with Crippen LogP contribution in [0.15, 0.2) is 12.7 Å². The molecule has 0 aromatic heterocycles. The van der Waals surface area contributed by atoms with Crippen molar-refractivity contribution in [1.29, 1.82) is 0 Å². The maximum absolute atomic E-state index is 4.25. The van der Waals surface area contributed by atoms with Crippen molar-refractivity contribution in [2.75, 3.05) is 5.75 Å². The van der Waals surface area contributed by atoms with Gasteiger partial charge >= 0.3 is 0 Å². The lowest BCUT2D eigenvalue weighted by molar-refractivity contribution is 0.491. The molecule has 0 heterocycles. The Morgan fingerprint density at radius 1 is 1.00 bits per heavy atom. The first-order valence-electron chi connectivity index (χ1n) is 6.58. The minimum Gasteiger partial charge on any atom is -0.179 e. The van der Waals surface area contributed by atoms with E-state index in [1.807, 2.05) is 0 Å². The number of hydrogen-bond acceptors (Lipinski definition) is 1. The van der Waals surface area contributed by atoms with Crippen LogP contribution in [0.2, 0.25) is 0 Å². The fourth-order valence-corrected chi connectivity index (χ4v) is 2.10. The van der Waals surface area contributed by atoms with Gasteiger partial charge in [0, 0.05) is 0 Å². The van der Waals surface area contributed by atoms with E-state index in [0.717, 1.165) is 11.7 Å². The van der Waals surface area contributed by atoms with E-state index in [1.54, 1.807) is 0 Å². The van der Waals surface area contributed by atoms with Crippen LogP contribution in [0.25, 0.3) is 0 Å². The zero-order valence-electron chi connectivity index (χ0n) is 10.4. The van der Waals surface area contributed by atoms with Crippen molar-refractivity contribution in [3.05, 3.63) is 12.7 Å². The second-order valence-electron chi connectivity index (χ2n) is 4.42. The molecular formula is C14H28S. The van der Waals surface area contributed by atoms with E-state index in [2.05, 4.69) is 32.2 Å². The molecule has 0 nitrogen and oxygen atoms in total. The molecule has 0 amide bonds. The van der Waals surface area contributed by atoms with Crippen molar-refractivity contribution in [3.63, 3.8) is 0 Å². The zero-order valence-corrected chi connectivity index (χ0v) is 11.3. The molecule has 0 rings (SSSR count). The van der Waals surface area contributed by atoms with Crippen LogP contribution in [-0.2, 0) is 0 Å². The highest BCUT2D eigenvalue weighted by atomic mass is 32.1. The Kier molecular flexibility index (Phi) is 12.2. The van der Waals surface area contributed by atoms with Gasteiger partial charge < -0.3 is 0 Å². The molecule has 0 saturated carbocycles. The summed E-state index contributed by atoms with van der Waals surface area (Å²) < 4.78 is 0. The topological polar surface area (TPSA) is 0 Å². The van der Waals surface area contributed by atoms with Gasteiger partial charge in [-0.25, -0.2) is 0 Å². The molecule has 90 valence electrons. The largest absolute Gasteiger partial charge is 0.179 e. The molecule has 0 aliphatic carbocycles. The Labute approximate surface area is 102 Å². The number of thiol groups is 1. The molecule has 0 saturated heterocycles. The van der Waals surface area contributed by atoms with E-state index in [4.69, 9.17) is 0 Å². The highest BCUT2D eigenvalue weighted by molar-refractivity contribution is 7.80. The summed E-state index contributed by atoms with van der Waals surface area (Å²) in [6.45, 7) is 6.19. The third-order valence-corrected chi connectivity index (χ3v) is 3.31. The van der Waals surface area contributed by atoms with Crippen LogP contribution in [0.3, 0.4) is 0 Å². The van der Waals surface area contributed by atoms with E-state index in [9.17, 15) is 0 Å². The van der Waals surface area contributed by atoms with E-state index in [0.29, 0.717) is 0 Å². The molecule has 0 aromatic rings. The summed E-state index contributed by atoms with van der Waals surface area (Å²) in [6.07, 6.45) is 14.4. The molecule has 1 heteroatoms. The minimum atomic E-state index is 0.739. The van der Waals surface area contributed by atoms with Crippen LogP contribution < -0.4 is 0 Å². The fourth-order valence-electron chi connectivity index (χ4n) is 1.92. The summed E-state index contributed by atoms with van der Waals surface area (Å²) in [5, 5.41) is 0. The number of hydrogen-bond donors (Lipinski definition) is 1. The van der Waals surface area contributed by atoms with Crippen LogP contribution in [-0.4, -0.2) is 5.75 Å². The minimum absolute atomic E-state index is 0.739. The van der Waals surface area contributed by atoms with E-state index >= 15 is 0 Å². The van der Waals surface area contributed by atoms with Crippen LogP contribution in [0.1, 0.15) is 64.7 Å². The molecule has 0 aromatic carbocycles. The molecule has 0 bridgehead atoms. The maximum Gasteiger partial charge on any atom is -0.00977 e. The molecule has 0 N–H and O–H groups in total.